The van der Waals surface area contributed by atoms with Crippen LogP contribution in [0, 0.1) is 6.92 Å². The molecular formula is C22H25N4O3S2+. The van der Waals surface area contributed by atoms with Crippen LogP contribution in [0.3, 0.4) is 0 Å². The van der Waals surface area contributed by atoms with Gasteiger partial charge in [0, 0.05) is 16.5 Å². The number of anilines is 1. The number of hydrogen-bond acceptors (Lipinski definition) is 5. The number of aryl methyl sites for hydroxylation is 1. The Morgan fingerprint density at radius 2 is 1.84 bits per heavy atom. The quantitative estimate of drug-likeness (QED) is 0.613. The maximum absolute atomic E-state index is 13.0. The van der Waals surface area contributed by atoms with E-state index in [0.717, 1.165) is 24.3 Å². The standard InChI is InChI=1S/C22H24N4O3S2/c1-16-6-8-17(9-7-16)20-15-30-22(23-20)24-21(27)18-4-3-5-19(14-18)31(28,29)26-12-10-25(2)11-13-26/h3-9,14-15H,10-13H2,1-2H3,(H,23,24,27)/p+1. The Balaban J connectivity index is 1.49. The van der Waals surface area contributed by atoms with Crippen molar-refractivity contribution in [2.75, 3.05) is 38.5 Å². The molecule has 0 aliphatic carbocycles. The fourth-order valence-electron chi connectivity index (χ4n) is 3.41. The Morgan fingerprint density at radius 3 is 2.55 bits per heavy atom. The van der Waals surface area contributed by atoms with Gasteiger partial charge in [-0.1, -0.05) is 35.9 Å². The van der Waals surface area contributed by atoms with Gasteiger partial charge in [-0.3, -0.25) is 10.1 Å². The van der Waals surface area contributed by atoms with E-state index >= 15 is 0 Å². The number of nitrogens with one attached hydrogen (secondary N) is 2. The number of carbonyl (C=O) groups is 1. The molecule has 1 amide bonds. The average molecular weight is 458 g/mol. The lowest BCUT2D eigenvalue weighted by atomic mass is 10.1. The van der Waals surface area contributed by atoms with Gasteiger partial charge in [0.1, 0.15) is 0 Å². The molecule has 0 bridgehead atoms. The number of piperazine rings is 1. The van der Waals surface area contributed by atoms with Crippen LogP contribution in [0.4, 0.5) is 5.13 Å². The fourth-order valence-corrected chi connectivity index (χ4v) is 5.62. The molecule has 7 nitrogen and oxygen atoms in total. The Bertz CT molecular complexity index is 1180. The number of quaternary nitrogens is 1. The molecule has 0 radical (unpaired) electrons. The minimum atomic E-state index is -3.62. The number of amides is 1. The van der Waals surface area contributed by atoms with Crippen molar-refractivity contribution in [3.8, 4) is 11.3 Å². The van der Waals surface area contributed by atoms with E-state index in [1.54, 1.807) is 12.1 Å². The van der Waals surface area contributed by atoms with Crippen LogP contribution in [0.5, 0.6) is 0 Å². The van der Waals surface area contributed by atoms with Gasteiger partial charge in [0.25, 0.3) is 5.91 Å². The van der Waals surface area contributed by atoms with Gasteiger partial charge in [-0.05, 0) is 25.1 Å². The highest BCUT2D eigenvalue weighted by atomic mass is 32.2. The van der Waals surface area contributed by atoms with Crippen LogP contribution in [0.1, 0.15) is 15.9 Å². The molecule has 1 fully saturated rings. The number of likely N-dealkylation sites (N-methyl/N-ethyl adjacent to an activating group) is 1. The largest absolute Gasteiger partial charge is 0.335 e. The fraction of sp³-hybridized carbons (Fsp3) is 0.273. The predicted molar refractivity (Wildman–Crippen MR) is 122 cm³/mol. The minimum Gasteiger partial charge on any atom is -0.335 e. The molecule has 1 aliphatic heterocycles. The van der Waals surface area contributed by atoms with E-state index in [4.69, 9.17) is 0 Å². The average Bonchev–Trinajstić information content (AvgIpc) is 3.23. The highest BCUT2D eigenvalue weighted by Crippen LogP contribution is 2.26. The van der Waals surface area contributed by atoms with Crippen molar-refractivity contribution in [3.05, 3.63) is 65.0 Å². The lowest BCUT2D eigenvalue weighted by Gasteiger charge is -2.29. The van der Waals surface area contributed by atoms with Crippen LogP contribution in [0.15, 0.2) is 58.8 Å². The number of hydrogen-bond donors (Lipinski definition) is 2. The Hall–Kier alpha value is -2.59. The molecule has 1 aliphatic rings. The van der Waals surface area contributed by atoms with Crippen molar-refractivity contribution in [1.29, 1.82) is 0 Å². The summed E-state index contributed by atoms with van der Waals surface area (Å²) in [6.45, 7) is 4.52. The first-order valence-electron chi connectivity index (χ1n) is 10.1. The zero-order valence-electron chi connectivity index (χ0n) is 17.5. The summed E-state index contributed by atoms with van der Waals surface area (Å²) in [5, 5.41) is 5.13. The highest BCUT2D eigenvalue weighted by molar-refractivity contribution is 7.89. The summed E-state index contributed by atoms with van der Waals surface area (Å²) in [6.07, 6.45) is 0. The molecule has 2 N–H and O–H groups in total. The van der Waals surface area contributed by atoms with Crippen molar-refractivity contribution in [2.24, 2.45) is 0 Å². The summed E-state index contributed by atoms with van der Waals surface area (Å²) >= 11 is 1.33. The minimum absolute atomic E-state index is 0.138. The number of nitrogens with zero attached hydrogens (tertiary/aromatic N) is 2. The highest BCUT2D eigenvalue weighted by Gasteiger charge is 2.29. The zero-order chi connectivity index (χ0) is 22.0. The second kappa shape index (κ2) is 8.88. The molecule has 1 aromatic heterocycles. The summed E-state index contributed by atoms with van der Waals surface area (Å²) in [7, 11) is -1.57. The summed E-state index contributed by atoms with van der Waals surface area (Å²) in [4.78, 5) is 18.7. The van der Waals surface area contributed by atoms with Gasteiger partial charge in [-0.15, -0.1) is 11.3 Å². The number of benzene rings is 2. The van der Waals surface area contributed by atoms with Crippen LogP contribution in [-0.4, -0.2) is 56.8 Å². The van der Waals surface area contributed by atoms with Gasteiger partial charge in [-0.2, -0.15) is 4.31 Å². The van der Waals surface area contributed by atoms with Gasteiger partial charge in [-0.25, -0.2) is 13.4 Å². The molecule has 9 heteroatoms. The first-order valence-corrected chi connectivity index (χ1v) is 12.4. The van der Waals surface area contributed by atoms with Crippen molar-refractivity contribution in [1.82, 2.24) is 9.29 Å². The molecule has 0 atom stereocenters. The van der Waals surface area contributed by atoms with Crippen LogP contribution < -0.4 is 10.2 Å². The SMILES string of the molecule is Cc1ccc(-c2csc(NC(=O)c3cccc(S(=O)(=O)N4CC[NH+](C)CC4)c3)n2)cc1. The van der Waals surface area contributed by atoms with Crippen molar-refractivity contribution < 1.29 is 18.1 Å². The Morgan fingerprint density at radius 1 is 1.13 bits per heavy atom. The molecule has 31 heavy (non-hydrogen) atoms. The second-order valence-electron chi connectivity index (χ2n) is 7.75. The van der Waals surface area contributed by atoms with Crippen LogP contribution in [0.25, 0.3) is 11.3 Å². The van der Waals surface area contributed by atoms with Crippen LogP contribution >= 0.6 is 11.3 Å². The maximum atomic E-state index is 13.0. The number of sulfonamides is 1. The first-order chi connectivity index (χ1) is 14.8. The number of thiazole rings is 1. The van der Waals surface area contributed by atoms with Crippen LogP contribution in [-0.2, 0) is 10.0 Å². The van der Waals surface area contributed by atoms with Gasteiger partial charge in [0.2, 0.25) is 10.0 Å². The monoisotopic (exact) mass is 457 g/mol. The third-order valence-electron chi connectivity index (χ3n) is 5.38. The van der Waals surface area contributed by atoms with E-state index in [0.29, 0.717) is 18.2 Å². The van der Waals surface area contributed by atoms with E-state index in [-0.39, 0.29) is 16.4 Å². The number of carbonyl (C=O) groups excluding carboxylic acids is 1. The maximum Gasteiger partial charge on any atom is 0.257 e. The molecule has 3 aromatic rings. The third kappa shape index (κ3) is 4.85. The first kappa shape index (κ1) is 21.6. The van der Waals surface area contributed by atoms with Crippen molar-refractivity contribution in [3.63, 3.8) is 0 Å². The van der Waals surface area contributed by atoms with E-state index in [1.807, 2.05) is 36.6 Å². The van der Waals surface area contributed by atoms with Gasteiger partial charge in [0.05, 0.1) is 43.8 Å². The topological polar surface area (TPSA) is 83.8 Å². The van der Waals surface area contributed by atoms with Gasteiger partial charge in [0.15, 0.2) is 5.13 Å². The molecule has 2 heterocycles. The molecule has 0 saturated carbocycles. The van der Waals surface area contributed by atoms with E-state index in [1.165, 1.54) is 38.2 Å². The molecule has 0 unspecified atom stereocenters. The molecule has 4 rings (SSSR count). The van der Waals surface area contributed by atoms with Crippen molar-refractivity contribution in [2.45, 2.75) is 11.8 Å². The zero-order valence-corrected chi connectivity index (χ0v) is 19.1. The summed E-state index contributed by atoms with van der Waals surface area (Å²) < 4.78 is 27.5. The predicted octanol–water partition coefficient (Wildman–Crippen LogP) is 1.89. The molecule has 1 saturated heterocycles. The molecular weight excluding hydrogens is 432 g/mol. The van der Waals surface area contributed by atoms with Crippen LogP contribution in [0.2, 0.25) is 0 Å². The van der Waals surface area contributed by atoms with Gasteiger partial charge >= 0.3 is 0 Å². The Labute approximate surface area is 186 Å². The molecule has 2 aromatic carbocycles. The smallest absolute Gasteiger partial charge is 0.257 e. The second-order valence-corrected chi connectivity index (χ2v) is 10.5. The summed E-state index contributed by atoms with van der Waals surface area (Å²) in [5.41, 5.74) is 3.21. The third-order valence-corrected chi connectivity index (χ3v) is 8.03. The van der Waals surface area contributed by atoms with E-state index in [2.05, 4.69) is 17.3 Å². The Kier molecular flexibility index (Phi) is 6.19. The number of aromatic nitrogens is 1. The lowest BCUT2D eigenvalue weighted by Crippen LogP contribution is -3.12. The van der Waals surface area contributed by atoms with Gasteiger partial charge < -0.3 is 4.90 Å². The molecule has 162 valence electrons. The van der Waals surface area contributed by atoms with Crippen molar-refractivity contribution >= 4 is 32.4 Å². The summed E-state index contributed by atoms with van der Waals surface area (Å²) in [5.74, 6) is -0.385. The van der Waals surface area contributed by atoms with E-state index in [9.17, 15) is 13.2 Å². The normalized spacial score (nSPS) is 15.7. The summed E-state index contributed by atoms with van der Waals surface area (Å²) in [6, 6.07) is 14.2. The lowest BCUT2D eigenvalue weighted by molar-refractivity contribution is -0.883. The molecule has 0 spiro atoms. The van der Waals surface area contributed by atoms with E-state index < -0.39 is 10.0 Å². The number of rotatable bonds is 5.